The number of hydrogen-bond acceptors (Lipinski definition) is 2. The fourth-order valence-electron chi connectivity index (χ4n) is 1.81. The predicted octanol–water partition coefficient (Wildman–Crippen LogP) is 1.86. The van der Waals surface area contributed by atoms with Crippen molar-refractivity contribution in [1.82, 2.24) is 10.3 Å². The molecule has 0 spiro atoms. The van der Waals surface area contributed by atoms with E-state index in [1.54, 1.807) is 6.07 Å². The van der Waals surface area contributed by atoms with Crippen LogP contribution in [0.3, 0.4) is 0 Å². The third-order valence-corrected chi connectivity index (χ3v) is 2.64. The van der Waals surface area contributed by atoms with Crippen molar-refractivity contribution < 1.29 is 12.3 Å². The maximum absolute atomic E-state index is 10.8. The number of fused-ring (bicyclic) bond motifs is 1. The van der Waals surface area contributed by atoms with Gasteiger partial charge in [-0.1, -0.05) is 0 Å². The molecule has 2 rings (SSSR count). The number of hydrogen-bond donors (Lipinski definition) is 2. The Morgan fingerprint density at radius 3 is 3.24 bits per heavy atom. The third kappa shape index (κ3) is 2.58. The largest absolute Gasteiger partial charge is 0.497 e. The van der Waals surface area contributed by atoms with E-state index in [-0.39, 0.29) is 5.91 Å². The highest BCUT2D eigenvalue weighted by molar-refractivity contribution is 5.84. The zero-order valence-corrected chi connectivity index (χ0v) is 9.62. The zero-order chi connectivity index (χ0) is 13.8. The van der Waals surface area contributed by atoms with Crippen molar-refractivity contribution in [3.63, 3.8) is 0 Å². The summed E-state index contributed by atoms with van der Waals surface area (Å²) in [4.78, 5) is 14.0. The van der Waals surface area contributed by atoms with Gasteiger partial charge in [-0.15, -0.1) is 0 Å². The first-order chi connectivity index (χ1) is 9.06. The summed E-state index contributed by atoms with van der Waals surface area (Å²) in [6.07, 6.45) is 2.61. The number of aromatic amines is 1. The summed E-state index contributed by atoms with van der Waals surface area (Å²) < 4.78 is 19.2. The Bertz CT molecular complexity index is 581. The molecule has 17 heavy (non-hydrogen) atoms. The van der Waals surface area contributed by atoms with E-state index in [0.29, 0.717) is 18.7 Å². The minimum Gasteiger partial charge on any atom is -0.497 e. The van der Waals surface area contributed by atoms with Crippen molar-refractivity contribution in [1.29, 1.82) is 0 Å². The molecule has 4 nitrogen and oxygen atoms in total. The maximum Gasteiger partial charge on any atom is 0.216 e. The van der Waals surface area contributed by atoms with Gasteiger partial charge in [0.15, 0.2) is 0 Å². The number of methoxy groups -OCH3 is 1. The predicted molar refractivity (Wildman–Crippen MR) is 67.2 cm³/mol. The molecule has 2 aromatic rings. The van der Waals surface area contributed by atoms with Crippen molar-refractivity contribution in [3.8, 4) is 5.75 Å². The van der Waals surface area contributed by atoms with Gasteiger partial charge in [-0.3, -0.25) is 4.79 Å². The van der Waals surface area contributed by atoms with Crippen LogP contribution in [0.1, 0.15) is 15.2 Å². The first-order valence-electron chi connectivity index (χ1n) is 6.57. The topological polar surface area (TPSA) is 54.1 Å². The number of rotatable bonds is 4. The molecule has 0 radical (unpaired) electrons. The van der Waals surface area contributed by atoms with E-state index < -0.39 is 7.06 Å². The van der Waals surface area contributed by atoms with E-state index in [9.17, 15) is 4.79 Å². The molecule has 0 bridgehead atoms. The van der Waals surface area contributed by atoms with Crippen LogP contribution >= 0.6 is 0 Å². The average Bonchev–Trinajstić information content (AvgIpc) is 2.71. The third-order valence-electron chi connectivity index (χ3n) is 2.64. The molecule has 0 saturated carbocycles. The van der Waals surface area contributed by atoms with Crippen molar-refractivity contribution in [2.24, 2.45) is 0 Å². The number of carbonyl (C=O) groups excluding carboxylic acids is 1. The minimum atomic E-state index is -1.33. The Kier molecular flexibility index (Phi) is 2.63. The molecular formula is C13H16N2O2. The molecule has 1 aromatic heterocycles. The maximum atomic E-state index is 10.8. The Morgan fingerprint density at radius 1 is 1.59 bits per heavy atom. The second-order valence-corrected chi connectivity index (χ2v) is 3.87. The number of H-pyrrole nitrogens is 1. The summed E-state index contributed by atoms with van der Waals surface area (Å²) in [5.74, 6) is 0.456. The van der Waals surface area contributed by atoms with Crippen LogP contribution in [0.2, 0.25) is 0 Å². The summed E-state index contributed by atoms with van der Waals surface area (Å²) in [6, 6.07) is 5.40. The van der Waals surface area contributed by atoms with E-state index in [0.717, 1.165) is 16.5 Å². The molecule has 0 aliphatic heterocycles. The van der Waals surface area contributed by atoms with Gasteiger partial charge >= 0.3 is 0 Å². The van der Waals surface area contributed by atoms with Gasteiger partial charge in [-0.2, -0.15) is 0 Å². The standard InChI is InChI=1S/C13H16N2O2/c1-9(16)14-6-5-10-8-15-13-4-3-11(17-2)7-12(10)13/h3-4,7-8,15H,5-6H2,1-2H3,(H,14,16)/i2D2. The number of benzene rings is 1. The molecule has 1 amide bonds. The van der Waals surface area contributed by atoms with Crippen LogP contribution in [-0.4, -0.2) is 24.5 Å². The van der Waals surface area contributed by atoms with Gasteiger partial charge in [0, 0.05) is 30.6 Å². The molecule has 0 aliphatic rings. The van der Waals surface area contributed by atoms with Crippen molar-refractivity contribution in [2.75, 3.05) is 13.6 Å². The monoisotopic (exact) mass is 234 g/mol. The Balaban J connectivity index is 2.17. The van der Waals surface area contributed by atoms with E-state index in [2.05, 4.69) is 10.3 Å². The van der Waals surface area contributed by atoms with Gasteiger partial charge in [0.05, 0.1) is 9.80 Å². The lowest BCUT2D eigenvalue weighted by atomic mass is 10.1. The molecule has 0 aliphatic carbocycles. The van der Waals surface area contributed by atoms with Crippen molar-refractivity contribution in [3.05, 3.63) is 30.0 Å². The summed E-state index contributed by atoms with van der Waals surface area (Å²) in [5, 5.41) is 3.74. The van der Waals surface area contributed by atoms with Crippen LogP contribution in [0.15, 0.2) is 24.4 Å². The Morgan fingerprint density at radius 2 is 2.47 bits per heavy atom. The van der Waals surface area contributed by atoms with E-state index in [1.807, 2.05) is 18.3 Å². The van der Waals surface area contributed by atoms with E-state index in [1.165, 1.54) is 6.92 Å². The second-order valence-electron chi connectivity index (χ2n) is 3.87. The number of aromatic nitrogens is 1. The Hall–Kier alpha value is -1.97. The highest BCUT2D eigenvalue weighted by Crippen LogP contribution is 2.23. The number of ether oxygens (including phenoxy) is 1. The molecule has 1 heterocycles. The lowest BCUT2D eigenvalue weighted by Gasteiger charge is -2.03. The molecule has 2 N–H and O–H groups in total. The first-order valence-corrected chi connectivity index (χ1v) is 5.42. The van der Waals surface area contributed by atoms with Gasteiger partial charge in [0.1, 0.15) is 5.75 Å². The van der Waals surface area contributed by atoms with Gasteiger partial charge < -0.3 is 15.0 Å². The van der Waals surface area contributed by atoms with Crippen LogP contribution in [0, 0.1) is 0 Å². The fourth-order valence-corrected chi connectivity index (χ4v) is 1.81. The van der Waals surface area contributed by atoms with Crippen LogP contribution in [0.25, 0.3) is 10.9 Å². The summed E-state index contributed by atoms with van der Waals surface area (Å²) in [6.45, 7) is 2.07. The molecule has 4 heteroatoms. The second kappa shape index (κ2) is 4.91. The smallest absolute Gasteiger partial charge is 0.216 e. The lowest BCUT2D eigenvalue weighted by molar-refractivity contribution is -0.118. The highest BCUT2D eigenvalue weighted by atomic mass is 16.5. The molecule has 0 unspecified atom stereocenters. The minimum absolute atomic E-state index is 0.0462. The van der Waals surface area contributed by atoms with Crippen LogP contribution in [0.4, 0.5) is 0 Å². The fraction of sp³-hybridized carbons (Fsp3) is 0.308. The quantitative estimate of drug-likeness (QED) is 0.848. The molecular weight excluding hydrogens is 216 g/mol. The molecule has 0 fully saturated rings. The van der Waals surface area contributed by atoms with Gasteiger partial charge in [-0.25, -0.2) is 0 Å². The van der Waals surface area contributed by atoms with Crippen LogP contribution in [0.5, 0.6) is 5.75 Å². The Labute approximate surface area is 103 Å². The van der Waals surface area contributed by atoms with E-state index in [4.69, 9.17) is 7.48 Å². The number of carbonyl (C=O) groups is 1. The zero-order valence-electron chi connectivity index (χ0n) is 11.6. The normalized spacial score (nSPS) is 12.4. The summed E-state index contributed by atoms with van der Waals surface area (Å²) >= 11 is 0. The van der Waals surface area contributed by atoms with Gasteiger partial charge in [-0.05, 0) is 30.2 Å². The SMILES string of the molecule is [2H]C([2H])Oc1ccc2[nH]cc(CCNC(C)=O)c2c1. The molecule has 1 aromatic carbocycles. The number of amides is 1. The number of nitrogens with one attached hydrogen (secondary N) is 2. The van der Waals surface area contributed by atoms with Gasteiger partial charge in [0.25, 0.3) is 0 Å². The van der Waals surface area contributed by atoms with Crippen molar-refractivity contribution in [2.45, 2.75) is 13.3 Å². The first kappa shape index (κ1) is 9.10. The molecule has 0 saturated heterocycles. The summed E-state index contributed by atoms with van der Waals surface area (Å²) in [5.41, 5.74) is 2.04. The molecule has 90 valence electrons. The van der Waals surface area contributed by atoms with Crippen LogP contribution < -0.4 is 10.1 Å². The van der Waals surface area contributed by atoms with Gasteiger partial charge in [0.2, 0.25) is 5.91 Å². The lowest BCUT2D eigenvalue weighted by Crippen LogP contribution is -2.22. The average molecular weight is 234 g/mol. The highest BCUT2D eigenvalue weighted by Gasteiger charge is 2.05. The van der Waals surface area contributed by atoms with Crippen LogP contribution in [-0.2, 0) is 11.2 Å². The molecule has 0 atom stereocenters. The van der Waals surface area contributed by atoms with Crippen molar-refractivity contribution >= 4 is 16.8 Å². The van der Waals surface area contributed by atoms with E-state index >= 15 is 0 Å². The summed E-state index contributed by atoms with van der Waals surface area (Å²) in [7, 11) is -1.33.